The van der Waals surface area contributed by atoms with E-state index in [9.17, 15) is 29.4 Å². The Labute approximate surface area is 361 Å². The van der Waals surface area contributed by atoms with E-state index >= 15 is 0 Å². The first kappa shape index (κ1) is 43.3. The summed E-state index contributed by atoms with van der Waals surface area (Å²) in [5.41, 5.74) is 6.63. The number of aromatic hydroxyl groups is 1. The van der Waals surface area contributed by atoms with Gasteiger partial charge in [0.2, 0.25) is 17.4 Å². The van der Waals surface area contributed by atoms with Gasteiger partial charge in [0.1, 0.15) is 11.9 Å². The smallest absolute Gasteiger partial charge is 0.411 e. The number of ether oxygens (including phenoxy) is 1. The van der Waals surface area contributed by atoms with Crippen molar-refractivity contribution in [2.45, 2.75) is 63.6 Å². The summed E-state index contributed by atoms with van der Waals surface area (Å²) in [4.78, 5) is 57.3. The fraction of sp³-hybridized carbons (Fsp3) is 0.280. The van der Waals surface area contributed by atoms with Gasteiger partial charge in [0, 0.05) is 61.5 Å². The Balaban J connectivity index is 0.798. The summed E-state index contributed by atoms with van der Waals surface area (Å²) in [5.74, 6) is -0.220. The summed E-state index contributed by atoms with van der Waals surface area (Å²) in [7, 11) is 1.75. The largest absolute Gasteiger partial charge is 0.506 e. The maximum Gasteiger partial charge on any atom is 0.411 e. The van der Waals surface area contributed by atoms with Crippen LogP contribution >= 0.6 is 0 Å². The molecular formula is C50H53N5O7. The number of unbranched alkanes of at least 4 members (excludes halogenated alkanes) is 1. The van der Waals surface area contributed by atoms with E-state index < -0.39 is 12.2 Å². The number of aliphatic hydroxyl groups excluding tert-OH is 1. The summed E-state index contributed by atoms with van der Waals surface area (Å²) in [6.07, 6.45) is 3.43. The van der Waals surface area contributed by atoms with Crippen molar-refractivity contribution in [1.29, 1.82) is 0 Å². The Morgan fingerprint density at radius 3 is 2.39 bits per heavy atom. The van der Waals surface area contributed by atoms with Crippen LogP contribution in [0.3, 0.4) is 0 Å². The molecule has 1 atom stereocenters. The predicted molar refractivity (Wildman–Crippen MR) is 243 cm³/mol. The molecule has 12 heteroatoms. The number of hydrogen-bond donors (Lipinski definition) is 5. The van der Waals surface area contributed by atoms with Crippen molar-refractivity contribution < 1.29 is 29.3 Å². The molecular weight excluding hydrogens is 783 g/mol. The van der Waals surface area contributed by atoms with Crippen LogP contribution < -0.4 is 21.1 Å². The molecule has 0 unspecified atom stereocenters. The minimum Gasteiger partial charge on any atom is -0.506 e. The van der Waals surface area contributed by atoms with Gasteiger partial charge in [-0.05, 0) is 96.8 Å². The Kier molecular flexibility index (Phi) is 14.4. The second kappa shape index (κ2) is 20.7. The topological polar surface area (TPSA) is 164 Å². The fourth-order valence-electron chi connectivity index (χ4n) is 7.96. The molecule has 0 spiro atoms. The highest BCUT2D eigenvalue weighted by Gasteiger charge is 2.24. The number of aromatic nitrogens is 1. The highest BCUT2D eigenvalue weighted by Crippen LogP contribution is 2.32. The van der Waals surface area contributed by atoms with Gasteiger partial charge < -0.3 is 35.1 Å². The molecule has 7 rings (SSSR count). The quantitative estimate of drug-likeness (QED) is 0.0606. The number of benzene rings is 5. The van der Waals surface area contributed by atoms with Crippen LogP contribution in [0.25, 0.3) is 22.0 Å². The van der Waals surface area contributed by atoms with Crippen LogP contribution in [-0.2, 0) is 27.2 Å². The normalized spacial score (nSPS) is 13.6. The number of amides is 3. The number of aliphatic hydroxyl groups is 1. The Hall–Kier alpha value is -6.76. The molecule has 0 radical (unpaired) electrons. The first-order valence-corrected chi connectivity index (χ1v) is 21.2. The van der Waals surface area contributed by atoms with Gasteiger partial charge in [-0.15, -0.1) is 0 Å². The zero-order valence-corrected chi connectivity index (χ0v) is 34.9. The van der Waals surface area contributed by atoms with Crippen LogP contribution in [0.5, 0.6) is 5.75 Å². The van der Waals surface area contributed by atoms with E-state index in [0.29, 0.717) is 60.1 Å². The minimum absolute atomic E-state index is 0.0257. The molecule has 5 aromatic carbocycles. The van der Waals surface area contributed by atoms with Crippen LogP contribution in [-0.4, -0.2) is 70.8 Å². The zero-order chi connectivity index (χ0) is 43.4. The zero-order valence-electron chi connectivity index (χ0n) is 34.9. The standard InChI is InChI=1S/C50H53N5O7/c1-54(48(60)28-31-55-29-26-39(27-30-55)62-50(61)52-43-16-7-6-15-40(43)36-12-3-2-4-13-36)38-14-9-11-35(32-38)33-47(59)51-37-20-18-34(19-21-37)10-5-8-17-44(56)41-22-24-45(57)49-42(41)23-25-46(58)53-49/h2-4,6-7,9,11-16,18-25,32,39,44,56-57H,5,8,10,17,26-31,33H2,1H3,(H,51,59)(H,52,61)(H,53,58)/t44-/m0/s1. The fourth-order valence-corrected chi connectivity index (χ4v) is 7.96. The molecule has 12 nitrogen and oxygen atoms in total. The second-order valence-electron chi connectivity index (χ2n) is 15.8. The van der Waals surface area contributed by atoms with Gasteiger partial charge in [-0.1, -0.05) is 85.3 Å². The van der Waals surface area contributed by atoms with Gasteiger partial charge in [0.25, 0.3) is 0 Å². The lowest BCUT2D eigenvalue weighted by molar-refractivity contribution is -0.118. The molecule has 6 aromatic rings. The lowest BCUT2D eigenvalue weighted by Crippen LogP contribution is -2.40. The second-order valence-corrected chi connectivity index (χ2v) is 15.8. The Morgan fingerprint density at radius 1 is 0.839 bits per heavy atom. The molecule has 1 aliphatic heterocycles. The van der Waals surface area contributed by atoms with Crippen LogP contribution in [0.4, 0.5) is 21.9 Å². The number of likely N-dealkylation sites (tertiary alicyclic amines) is 1. The van der Waals surface area contributed by atoms with E-state index in [1.54, 1.807) is 24.1 Å². The van der Waals surface area contributed by atoms with Crippen molar-refractivity contribution in [3.05, 3.63) is 154 Å². The van der Waals surface area contributed by atoms with Gasteiger partial charge >= 0.3 is 6.09 Å². The number of pyridine rings is 1. The molecule has 1 saturated heterocycles. The number of piperidine rings is 1. The van der Waals surface area contributed by atoms with E-state index in [2.05, 4.69) is 20.5 Å². The maximum atomic E-state index is 13.2. The number of carbonyl (C=O) groups excluding carboxylic acids is 3. The molecule has 2 heterocycles. The first-order valence-electron chi connectivity index (χ1n) is 21.2. The number of para-hydroxylation sites is 1. The highest BCUT2D eigenvalue weighted by molar-refractivity contribution is 5.95. The number of phenols is 1. The number of fused-ring (bicyclic) bond motifs is 1. The van der Waals surface area contributed by atoms with Crippen LogP contribution in [0, 0.1) is 0 Å². The van der Waals surface area contributed by atoms with Crippen LogP contribution in [0.2, 0.25) is 0 Å². The molecule has 320 valence electrons. The average Bonchev–Trinajstić information content (AvgIpc) is 3.28. The third-order valence-electron chi connectivity index (χ3n) is 11.4. The van der Waals surface area contributed by atoms with Crippen molar-refractivity contribution in [1.82, 2.24) is 9.88 Å². The Morgan fingerprint density at radius 2 is 1.60 bits per heavy atom. The van der Waals surface area contributed by atoms with Gasteiger partial charge in [-0.3, -0.25) is 19.7 Å². The number of hydrogen-bond acceptors (Lipinski definition) is 8. The molecule has 0 aliphatic carbocycles. The molecule has 5 N–H and O–H groups in total. The average molecular weight is 836 g/mol. The molecule has 3 amide bonds. The van der Waals surface area contributed by atoms with Crippen molar-refractivity contribution in [3.63, 3.8) is 0 Å². The SMILES string of the molecule is CN(C(=O)CCN1CCC(OC(=O)Nc2ccccc2-c2ccccc2)CC1)c1cccc(CC(=O)Nc2ccc(CCCC[C@H](O)c3ccc(O)c4[nH]c(=O)ccc34)cc2)c1. The van der Waals surface area contributed by atoms with E-state index in [1.807, 2.05) is 103 Å². The van der Waals surface area contributed by atoms with Crippen molar-refractivity contribution in [3.8, 4) is 16.9 Å². The molecule has 1 aromatic heterocycles. The van der Waals surface area contributed by atoms with Crippen molar-refractivity contribution in [2.75, 3.05) is 42.2 Å². The highest BCUT2D eigenvalue weighted by atomic mass is 16.6. The van der Waals surface area contributed by atoms with Crippen LogP contribution in [0.15, 0.2) is 132 Å². The van der Waals surface area contributed by atoms with E-state index in [1.165, 1.54) is 12.1 Å². The number of nitrogens with one attached hydrogen (secondary N) is 3. The Bertz CT molecular complexity index is 2530. The summed E-state index contributed by atoms with van der Waals surface area (Å²) in [5, 5.41) is 27.5. The molecule has 0 saturated carbocycles. The number of nitrogens with zero attached hydrogens (tertiary/aromatic N) is 2. The number of H-pyrrole nitrogens is 1. The molecule has 0 bridgehead atoms. The lowest BCUT2D eigenvalue weighted by Gasteiger charge is -2.31. The predicted octanol–water partition coefficient (Wildman–Crippen LogP) is 8.59. The third-order valence-corrected chi connectivity index (χ3v) is 11.4. The monoisotopic (exact) mass is 835 g/mol. The third kappa shape index (κ3) is 11.5. The number of aryl methyl sites for hydroxylation is 1. The maximum absolute atomic E-state index is 13.2. The van der Waals surface area contributed by atoms with E-state index in [0.717, 1.165) is 60.3 Å². The summed E-state index contributed by atoms with van der Waals surface area (Å²) in [6.45, 7) is 2.04. The van der Waals surface area contributed by atoms with Gasteiger partial charge in [-0.25, -0.2) is 4.79 Å². The number of anilines is 3. The lowest BCUT2D eigenvalue weighted by atomic mass is 9.97. The van der Waals surface area contributed by atoms with Gasteiger partial charge in [0.05, 0.1) is 23.7 Å². The van der Waals surface area contributed by atoms with E-state index in [-0.39, 0.29) is 35.6 Å². The van der Waals surface area contributed by atoms with E-state index in [4.69, 9.17) is 4.74 Å². The van der Waals surface area contributed by atoms with Gasteiger partial charge in [0.15, 0.2) is 0 Å². The molecule has 1 fully saturated rings. The van der Waals surface area contributed by atoms with Crippen molar-refractivity contribution >= 4 is 45.9 Å². The summed E-state index contributed by atoms with van der Waals surface area (Å²) in [6, 6.07) is 38.9. The number of phenolic OH excluding ortho intramolecular Hbond substituents is 1. The van der Waals surface area contributed by atoms with Gasteiger partial charge in [-0.2, -0.15) is 0 Å². The number of aromatic amines is 1. The van der Waals surface area contributed by atoms with Crippen molar-refractivity contribution in [2.24, 2.45) is 0 Å². The minimum atomic E-state index is -0.733. The molecule has 62 heavy (non-hydrogen) atoms. The first-order chi connectivity index (χ1) is 30.1. The summed E-state index contributed by atoms with van der Waals surface area (Å²) >= 11 is 0. The van der Waals surface area contributed by atoms with Crippen LogP contribution in [0.1, 0.15) is 61.3 Å². The summed E-state index contributed by atoms with van der Waals surface area (Å²) < 4.78 is 5.78. The molecule has 1 aliphatic rings. The number of carbonyl (C=O) groups is 3. The number of rotatable bonds is 16.